The second-order valence-electron chi connectivity index (χ2n) is 9.80. The number of fused-ring (bicyclic) bond motifs is 1. The van der Waals surface area contributed by atoms with Gasteiger partial charge in [-0.15, -0.1) is 15.0 Å². The number of esters is 1. The third kappa shape index (κ3) is 6.61. The van der Waals surface area contributed by atoms with Crippen molar-refractivity contribution < 1.29 is 28.9 Å². The number of aromatic hydroxyl groups is 2. The van der Waals surface area contributed by atoms with Gasteiger partial charge in [0.2, 0.25) is 0 Å². The van der Waals surface area contributed by atoms with E-state index in [1.54, 1.807) is 42.5 Å². The van der Waals surface area contributed by atoms with Crippen molar-refractivity contribution in [1.29, 1.82) is 0 Å². The van der Waals surface area contributed by atoms with Crippen LogP contribution in [0.25, 0.3) is 16.7 Å². The molecule has 0 saturated heterocycles. The molecule has 0 saturated carbocycles. The highest BCUT2D eigenvalue weighted by molar-refractivity contribution is 6.11. The smallest absolute Gasteiger partial charge is 0.309 e. The Morgan fingerprint density at radius 3 is 2.24 bits per heavy atom. The first-order chi connectivity index (χ1) is 21.0. The molecular weight excluding hydrogens is 518 g/mol. The molecular formula is C33H35N3O5. The number of nitrogens with zero attached hydrogens (tertiary/aromatic N) is 3. The summed E-state index contributed by atoms with van der Waals surface area (Å²) in [6.07, 6.45) is 0.708. The number of hydrogen-bond donors (Lipinski definition) is 2. The third-order valence-corrected chi connectivity index (χ3v) is 6.65. The topological polar surface area (TPSA) is 115 Å². The van der Waals surface area contributed by atoms with Gasteiger partial charge in [0.1, 0.15) is 28.2 Å². The van der Waals surface area contributed by atoms with E-state index in [-0.39, 0.29) is 29.7 Å². The number of carbonyl (C=O) groups excluding carboxylic acids is 2. The minimum absolute atomic E-state index is 0.0416. The van der Waals surface area contributed by atoms with Crippen LogP contribution in [0.15, 0.2) is 72.8 Å². The average molecular weight is 560 g/mol. The summed E-state index contributed by atoms with van der Waals surface area (Å²) in [6.45, 7) is 7.70. The minimum Gasteiger partial charge on any atom is -0.507 e. The van der Waals surface area contributed by atoms with Crippen LogP contribution in [0.3, 0.4) is 0 Å². The van der Waals surface area contributed by atoms with Crippen molar-refractivity contribution in [2.45, 2.75) is 40.5 Å². The van der Waals surface area contributed by atoms with Gasteiger partial charge in [-0.05, 0) is 79.8 Å². The Morgan fingerprint density at radius 1 is 0.951 bits per heavy atom. The van der Waals surface area contributed by atoms with E-state index in [0.29, 0.717) is 51.4 Å². The molecule has 8 nitrogen and oxygen atoms in total. The molecule has 0 bridgehead atoms. The molecule has 8 heteroatoms. The number of phenols is 2. The van der Waals surface area contributed by atoms with E-state index < -0.39 is 0 Å². The summed E-state index contributed by atoms with van der Waals surface area (Å²) in [5, 5.41) is 29.0. The predicted molar refractivity (Wildman–Crippen MR) is 160 cm³/mol. The number of benzene rings is 4. The van der Waals surface area contributed by atoms with Gasteiger partial charge >= 0.3 is 5.97 Å². The Hall–Kier alpha value is -4.98. The van der Waals surface area contributed by atoms with Crippen LogP contribution in [0.1, 0.15) is 55.0 Å². The first-order valence-electron chi connectivity index (χ1n) is 14.7. The van der Waals surface area contributed by atoms with Crippen molar-refractivity contribution in [3.05, 3.63) is 112 Å². The van der Waals surface area contributed by atoms with E-state index in [4.69, 9.17) is 9.08 Å². The van der Waals surface area contributed by atoms with Crippen molar-refractivity contribution in [2.24, 2.45) is 0 Å². The third-order valence-electron chi connectivity index (χ3n) is 6.65. The fourth-order valence-corrected chi connectivity index (χ4v) is 4.46. The summed E-state index contributed by atoms with van der Waals surface area (Å²) in [5.41, 5.74) is 6.99. The molecule has 0 spiro atoms. The van der Waals surface area contributed by atoms with E-state index in [9.17, 15) is 19.8 Å². The van der Waals surface area contributed by atoms with Gasteiger partial charge in [-0.2, -0.15) is 0 Å². The highest BCUT2D eigenvalue weighted by atomic mass is 16.5. The zero-order valence-corrected chi connectivity index (χ0v) is 23.7. The molecule has 0 radical (unpaired) electrons. The second kappa shape index (κ2) is 12.5. The van der Waals surface area contributed by atoms with Crippen LogP contribution in [0.2, 0.25) is 0 Å². The molecule has 0 amide bonds. The van der Waals surface area contributed by atoms with E-state index in [0.717, 1.165) is 16.7 Å². The molecule has 5 aromatic rings. The van der Waals surface area contributed by atoms with Crippen LogP contribution >= 0.6 is 0 Å². The number of hydrogen-bond acceptors (Lipinski definition) is 7. The largest absolute Gasteiger partial charge is 0.507 e. The van der Waals surface area contributed by atoms with E-state index >= 15 is 0 Å². The number of aryl methyl sites for hydroxylation is 4. The highest BCUT2D eigenvalue weighted by Crippen LogP contribution is 2.29. The molecule has 1 heterocycles. The Morgan fingerprint density at radius 2 is 1.61 bits per heavy atom. The number of rotatable bonds is 6. The Bertz CT molecular complexity index is 1750. The van der Waals surface area contributed by atoms with Gasteiger partial charge in [0.15, 0.2) is 5.78 Å². The van der Waals surface area contributed by atoms with Gasteiger partial charge in [0, 0.05) is 8.53 Å². The molecule has 0 atom stereocenters. The van der Waals surface area contributed by atoms with Crippen LogP contribution in [0.4, 0.5) is 0 Å². The second-order valence-corrected chi connectivity index (χ2v) is 9.80. The molecule has 0 fully saturated rings. The first-order valence-corrected chi connectivity index (χ1v) is 13.2. The van der Waals surface area contributed by atoms with Crippen LogP contribution in [-0.4, -0.2) is 44.1 Å². The van der Waals surface area contributed by atoms with Crippen molar-refractivity contribution in [1.82, 2.24) is 15.0 Å². The summed E-state index contributed by atoms with van der Waals surface area (Å²) < 4.78 is 22.4. The SMILES string of the molecule is Cc1ccc(C(=O)c2ccc(C)cc2O)c(C)c1.[3H][3H].[3H]c1ccc2nn(-c3cc(CC(=O)OC)cc(CC)c3O)nc2c1. The number of aromatic nitrogens is 3. The predicted octanol–water partition coefficient (Wildman–Crippen LogP) is 6.20. The molecule has 0 aliphatic heterocycles. The maximum atomic E-state index is 12.4. The normalized spacial score (nSPS) is 11.2. The standard InChI is InChI=1S/C17H17N3O3.C16H16O2.H2/c1-3-12-8-11(10-16(21)23-2)9-15(17(12)22)20-18-13-6-4-5-7-14(13)19-20;1-10-4-6-13(12(3)8-10)16(18)14-7-5-11(2)9-15(14)17;/h4-9,22H,3,10H2,1-2H3;4-9,17H,1-3H3;1H/i4T;;1+2T. The van der Waals surface area contributed by atoms with E-state index in [2.05, 4.69) is 10.2 Å². The number of ketones is 1. The molecule has 5 rings (SSSR count). The maximum absolute atomic E-state index is 12.4. The summed E-state index contributed by atoms with van der Waals surface area (Å²) in [7, 11) is 1.34. The molecule has 4 aromatic carbocycles. The molecule has 212 valence electrons. The zero-order chi connectivity index (χ0) is 32.6. The molecule has 0 aliphatic carbocycles. The quantitative estimate of drug-likeness (QED) is 0.188. The van der Waals surface area contributed by atoms with Gasteiger partial charge < -0.3 is 14.9 Å². The fourth-order valence-electron chi connectivity index (χ4n) is 4.46. The average Bonchev–Trinajstić information content (AvgIpc) is 3.42. The number of phenolic OH excluding ortho intramolecular Hbond substituents is 2. The molecule has 1 aromatic heterocycles. The fraction of sp³-hybridized carbons (Fsp3) is 0.212. The van der Waals surface area contributed by atoms with Crippen LogP contribution in [-0.2, 0) is 22.4 Å². The monoisotopic (exact) mass is 559 g/mol. The lowest BCUT2D eigenvalue weighted by Gasteiger charge is -2.11. The van der Waals surface area contributed by atoms with Gasteiger partial charge in [0.05, 0.1) is 20.5 Å². The minimum atomic E-state index is -0.355. The lowest BCUT2D eigenvalue weighted by atomic mass is 9.96. The Labute approximate surface area is 243 Å². The lowest BCUT2D eigenvalue weighted by Crippen LogP contribution is -2.07. The summed E-state index contributed by atoms with van der Waals surface area (Å²) in [5.74, 6) is -0.367. The summed E-state index contributed by atoms with van der Waals surface area (Å²) >= 11 is 0. The first kappa shape index (κ1) is 26.3. The number of methoxy groups -OCH3 is 1. The highest BCUT2D eigenvalue weighted by Gasteiger charge is 2.16. The van der Waals surface area contributed by atoms with E-state index in [1.807, 2.05) is 52.0 Å². The van der Waals surface area contributed by atoms with Crippen molar-refractivity contribution >= 4 is 22.8 Å². The molecule has 0 aliphatic rings. The van der Waals surface area contributed by atoms with Crippen LogP contribution in [0, 0.1) is 20.8 Å². The Kier molecular flexibility index (Phi) is 7.98. The molecule has 0 unspecified atom stereocenters. The summed E-state index contributed by atoms with van der Waals surface area (Å²) in [6, 6.07) is 19.5. The summed E-state index contributed by atoms with van der Waals surface area (Å²) in [4.78, 5) is 25.2. The maximum Gasteiger partial charge on any atom is 0.309 e. The van der Waals surface area contributed by atoms with Crippen LogP contribution in [0.5, 0.6) is 11.5 Å². The van der Waals surface area contributed by atoms with E-state index in [1.165, 1.54) is 11.9 Å². The van der Waals surface area contributed by atoms with Gasteiger partial charge in [-0.25, -0.2) is 0 Å². The zero-order valence-electron chi connectivity index (χ0n) is 26.7. The van der Waals surface area contributed by atoms with Crippen molar-refractivity contribution in [2.75, 3.05) is 7.11 Å². The van der Waals surface area contributed by atoms with Crippen LogP contribution < -0.4 is 0 Å². The Balaban J connectivity index is 0.000000236. The van der Waals surface area contributed by atoms with Crippen molar-refractivity contribution in [3.63, 3.8) is 0 Å². The van der Waals surface area contributed by atoms with Crippen molar-refractivity contribution in [3.8, 4) is 17.2 Å². The van der Waals surface area contributed by atoms with Gasteiger partial charge in [0.25, 0.3) is 0 Å². The molecule has 41 heavy (non-hydrogen) atoms. The number of carbonyl (C=O) groups is 2. The van der Waals surface area contributed by atoms with Gasteiger partial charge in [-0.3, -0.25) is 9.59 Å². The molecule has 2 N–H and O–H groups in total. The lowest BCUT2D eigenvalue weighted by molar-refractivity contribution is -0.139. The number of ether oxygens (including phenoxy) is 1. The van der Waals surface area contributed by atoms with Gasteiger partial charge in [-0.1, -0.05) is 54.9 Å².